The number of allylic oxidation sites excluding steroid dienone is 1. The molecule has 3 aliphatic rings. The van der Waals surface area contributed by atoms with E-state index in [-0.39, 0.29) is 88.6 Å². The molecular weight excluding hydrogens is 773 g/mol. The zero-order valence-electron chi connectivity index (χ0n) is 36.8. The van der Waals surface area contributed by atoms with Crippen molar-refractivity contribution in [2.75, 3.05) is 46.2 Å². The number of nitrogens with zero attached hydrogens (tertiary/aromatic N) is 2. The Morgan fingerprint density at radius 1 is 0.902 bits per heavy atom. The van der Waals surface area contributed by atoms with Gasteiger partial charge in [-0.25, -0.2) is 0 Å². The summed E-state index contributed by atoms with van der Waals surface area (Å²) in [5.74, 6) is -1.22. The lowest BCUT2D eigenvalue weighted by Gasteiger charge is -2.60. The molecular formula is C50H74N2O9. The number of aromatic hydroxyl groups is 1. The largest absolute Gasteiger partial charge is 0.508 e. The number of amides is 1. The molecule has 1 fully saturated rings. The average molecular weight is 847 g/mol. The molecule has 11 heteroatoms. The zero-order chi connectivity index (χ0) is 43.3. The summed E-state index contributed by atoms with van der Waals surface area (Å²) in [6.07, 6.45) is 19.6. The number of aliphatic hydroxyl groups excluding tert-OH is 3. The van der Waals surface area contributed by atoms with Gasteiger partial charge in [-0.2, -0.15) is 0 Å². The van der Waals surface area contributed by atoms with Gasteiger partial charge < -0.3 is 44.4 Å². The molecule has 1 saturated carbocycles. The highest BCUT2D eigenvalue weighted by Crippen LogP contribution is 2.62. The molecule has 5 rings (SSSR count). The monoisotopic (exact) mass is 847 g/mol. The van der Waals surface area contributed by atoms with Crippen molar-refractivity contribution in [2.24, 2.45) is 22.9 Å². The first-order valence-electron chi connectivity index (χ1n) is 23.3. The maximum atomic E-state index is 14.8. The number of phenolic OH excluding ortho intramolecular Hbond substituents is 1. The maximum Gasteiger partial charge on any atom is 0.239 e. The van der Waals surface area contributed by atoms with Crippen LogP contribution in [0.2, 0.25) is 0 Å². The van der Waals surface area contributed by atoms with Crippen LogP contribution in [0, 0.1) is 17.8 Å². The highest BCUT2D eigenvalue weighted by atomic mass is 16.7. The van der Waals surface area contributed by atoms with E-state index in [1.54, 1.807) is 12.1 Å². The predicted molar refractivity (Wildman–Crippen MR) is 239 cm³/mol. The van der Waals surface area contributed by atoms with Crippen molar-refractivity contribution in [1.82, 2.24) is 4.90 Å². The molecule has 1 heterocycles. The topological polar surface area (TPSA) is 151 Å². The first kappa shape index (κ1) is 48.3. The Kier molecular flexibility index (Phi) is 20.6. The number of hydrogen-bond acceptors (Lipinski definition) is 10. The first-order chi connectivity index (χ1) is 29.9. The van der Waals surface area contributed by atoms with Gasteiger partial charge in [0.25, 0.3) is 0 Å². The third-order valence-corrected chi connectivity index (χ3v) is 12.8. The van der Waals surface area contributed by atoms with Gasteiger partial charge in [-0.05, 0) is 73.3 Å². The molecule has 338 valence electrons. The molecule has 2 aliphatic carbocycles. The van der Waals surface area contributed by atoms with Crippen LogP contribution in [0.15, 0.2) is 78.0 Å². The Morgan fingerprint density at radius 3 is 2.33 bits per heavy atom. The smallest absolute Gasteiger partial charge is 0.239 e. The number of oxime groups is 1. The molecule has 11 nitrogen and oxygen atoms in total. The van der Waals surface area contributed by atoms with Gasteiger partial charge >= 0.3 is 0 Å². The summed E-state index contributed by atoms with van der Waals surface area (Å²) in [6, 6.07) is 14.5. The van der Waals surface area contributed by atoms with Crippen LogP contribution in [-0.2, 0) is 25.7 Å². The van der Waals surface area contributed by atoms with Gasteiger partial charge in [-0.1, -0.05) is 119 Å². The number of ether oxygens (including phenoxy) is 3. The molecule has 2 aromatic carbocycles. The third kappa shape index (κ3) is 13.1. The van der Waals surface area contributed by atoms with E-state index in [2.05, 4.69) is 19.6 Å². The summed E-state index contributed by atoms with van der Waals surface area (Å²) in [5.41, 5.74) is 3.52. The number of aliphatic hydroxyl groups is 3. The van der Waals surface area contributed by atoms with E-state index in [0.29, 0.717) is 25.0 Å². The highest BCUT2D eigenvalue weighted by Gasteiger charge is 2.65. The molecule has 0 bridgehead atoms. The molecule has 1 aliphatic heterocycles. The Morgan fingerprint density at radius 2 is 1.62 bits per heavy atom. The molecule has 4 N–H and O–H groups in total. The van der Waals surface area contributed by atoms with Gasteiger partial charge in [0, 0.05) is 44.1 Å². The molecule has 2 aromatic rings. The molecule has 1 amide bonds. The second-order valence-corrected chi connectivity index (χ2v) is 17.1. The summed E-state index contributed by atoms with van der Waals surface area (Å²) in [6.45, 7) is 7.39. The van der Waals surface area contributed by atoms with Crippen molar-refractivity contribution in [3.63, 3.8) is 0 Å². The van der Waals surface area contributed by atoms with Crippen molar-refractivity contribution >= 4 is 11.6 Å². The number of carbonyl (C=O) groups excluding carboxylic acids is 1. The molecule has 6 unspecified atom stereocenters. The van der Waals surface area contributed by atoms with E-state index in [4.69, 9.17) is 24.2 Å². The van der Waals surface area contributed by atoms with E-state index in [1.165, 1.54) is 38.5 Å². The van der Waals surface area contributed by atoms with Crippen LogP contribution >= 0.6 is 0 Å². The van der Waals surface area contributed by atoms with E-state index < -0.39 is 17.7 Å². The Labute approximate surface area is 364 Å². The molecule has 0 aromatic heterocycles. The Bertz CT molecular complexity index is 1670. The minimum absolute atomic E-state index is 0.0204. The summed E-state index contributed by atoms with van der Waals surface area (Å²) < 4.78 is 20.2. The van der Waals surface area contributed by atoms with E-state index in [0.717, 1.165) is 67.4 Å². The van der Waals surface area contributed by atoms with Gasteiger partial charge in [-0.3, -0.25) is 4.79 Å². The number of unbranched alkanes of at least 4 members (excludes halogenated alkanes) is 10. The van der Waals surface area contributed by atoms with Crippen LogP contribution in [0.5, 0.6) is 11.5 Å². The highest BCUT2D eigenvalue weighted by molar-refractivity contribution is 6.03. The Balaban J connectivity index is 1.62. The van der Waals surface area contributed by atoms with Crippen molar-refractivity contribution < 1.29 is 44.3 Å². The van der Waals surface area contributed by atoms with Gasteiger partial charge in [0.15, 0.2) is 0 Å². The quantitative estimate of drug-likeness (QED) is 0.0343. The second-order valence-electron chi connectivity index (χ2n) is 17.1. The SMILES string of the molecule is C=CCOC12Oc3ccc(O)cc3C3C(CCCCO)C(CCCCO)C=C(C(=NOCc4ccccc4)CC1N(CCOCCO)C(=O)CCCCCCCCCCC)C32. The molecule has 0 radical (unpaired) electrons. The Hall–Kier alpha value is -3.74. The summed E-state index contributed by atoms with van der Waals surface area (Å²) in [5, 5.41) is 45.3. The number of fused-ring (bicyclic) bond motifs is 2. The lowest BCUT2D eigenvalue weighted by atomic mass is 9.55. The molecule has 6 atom stereocenters. The van der Waals surface area contributed by atoms with Crippen molar-refractivity contribution in [3.05, 3.63) is 84.0 Å². The molecule has 0 spiro atoms. The van der Waals surface area contributed by atoms with Crippen LogP contribution < -0.4 is 4.74 Å². The van der Waals surface area contributed by atoms with E-state index in [9.17, 15) is 25.2 Å². The summed E-state index contributed by atoms with van der Waals surface area (Å²) in [7, 11) is 0. The lowest BCUT2D eigenvalue weighted by Crippen LogP contribution is -2.70. The number of phenols is 1. The molecule has 61 heavy (non-hydrogen) atoms. The number of carbonyl (C=O) groups is 1. The molecule has 0 saturated heterocycles. The third-order valence-electron chi connectivity index (χ3n) is 12.8. The van der Waals surface area contributed by atoms with Crippen molar-refractivity contribution in [3.8, 4) is 11.5 Å². The van der Waals surface area contributed by atoms with Crippen LogP contribution in [-0.4, -0.2) is 95.0 Å². The normalized spacial score (nSPS) is 23.4. The zero-order valence-corrected chi connectivity index (χ0v) is 36.8. The fourth-order valence-corrected chi connectivity index (χ4v) is 9.93. The number of hydrogen-bond donors (Lipinski definition) is 4. The van der Waals surface area contributed by atoms with E-state index in [1.807, 2.05) is 47.4 Å². The lowest BCUT2D eigenvalue weighted by molar-refractivity contribution is -0.258. The van der Waals surface area contributed by atoms with Gasteiger partial charge in [-0.15, -0.1) is 6.58 Å². The van der Waals surface area contributed by atoms with Crippen molar-refractivity contribution in [1.29, 1.82) is 0 Å². The first-order valence-corrected chi connectivity index (χ1v) is 23.3. The maximum absolute atomic E-state index is 14.8. The van der Waals surface area contributed by atoms with Crippen LogP contribution in [0.25, 0.3) is 0 Å². The standard InChI is InChI=1S/C50H74N2O9/c1-3-5-6-7-8-9-10-11-15-24-47(57)52(27-32-58-33-30-55)46-36-44(51-60-37-38-20-13-12-14-21-38)42-34-39(22-16-18-28-53)41(23-17-19-29-54)48-43-35-40(56)25-26-45(43)61-50(46,49(42)48)59-31-4-2/h4,12-14,20-21,25-26,34-35,39,41,46,48-49,53-56H,2-3,5-11,15-19,22-24,27-33,36-37H2,1H3. The fraction of sp³-hybridized carbons (Fsp3) is 0.640. The number of benzene rings is 2. The van der Waals surface area contributed by atoms with Crippen molar-refractivity contribution in [2.45, 2.75) is 140 Å². The fourth-order valence-electron chi connectivity index (χ4n) is 9.93. The summed E-state index contributed by atoms with van der Waals surface area (Å²) >= 11 is 0. The summed E-state index contributed by atoms with van der Waals surface area (Å²) in [4.78, 5) is 22.9. The number of rotatable bonds is 30. The van der Waals surface area contributed by atoms with Crippen LogP contribution in [0.1, 0.15) is 133 Å². The van der Waals surface area contributed by atoms with Gasteiger partial charge in [0.1, 0.15) is 24.1 Å². The average Bonchev–Trinajstić information content (AvgIpc) is 3.27. The minimum atomic E-state index is -1.39. The van der Waals surface area contributed by atoms with E-state index >= 15 is 0 Å². The van der Waals surface area contributed by atoms with Crippen LogP contribution in [0.4, 0.5) is 0 Å². The van der Waals surface area contributed by atoms with Gasteiger partial charge in [0.2, 0.25) is 11.7 Å². The van der Waals surface area contributed by atoms with Gasteiger partial charge in [0.05, 0.1) is 38.1 Å². The minimum Gasteiger partial charge on any atom is -0.508 e. The predicted octanol–water partition coefficient (Wildman–Crippen LogP) is 8.98. The van der Waals surface area contributed by atoms with Crippen LogP contribution in [0.3, 0.4) is 0 Å². The second kappa shape index (κ2) is 26.0.